The van der Waals surface area contributed by atoms with Crippen LogP contribution in [-0.4, -0.2) is 44.6 Å². The number of amides is 1. The lowest BCUT2D eigenvalue weighted by molar-refractivity contribution is -0.134. The lowest BCUT2D eigenvalue weighted by Crippen LogP contribution is -2.38. The molecule has 3 heterocycles. The van der Waals surface area contributed by atoms with Gasteiger partial charge in [0.2, 0.25) is 5.91 Å². The first-order valence-corrected chi connectivity index (χ1v) is 7.56. The molecule has 116 valence electrons. The van der Waals surface area contributed by atoms with E-state index in [1.54, 1.807) is 29.5 Å². The van der Waals surface area contributed by atoms with Crippen LogP contribution in [0.5, 0.6) is 0 Å². The molecule has 1 atom stereocenters. The van der Waals surface area contributed by atoms with Gasteiger partial charge in [-0.3, -0.25) is 9.78 Å². The molecule has 1 saturated heterocycles. The monoisotopic (exact) mass is 300 g/mol. The van der Waals surface area contributed by atoms with E-state index in [0.717, 1.165) is 25.1 Å². The maximum atomic E-state index is 12.6. The molecule has 0 radical (unpaired) electrons. The van der Waals surface area contributed by atoms with Crippen LogP contribution in [0.15, 0.2) is 43.1 Å². The Kier molecular flexibility index (Phi) is 4.80. The van der Waals surface area contributed by atoms with Crippen LogP contribution in [0.25, 0.3) is 0 Å². The molecular formula is C16H20N4O2. The molecule has 0 bridgehead atoms. The number of carbonyl (C=O) groups excluding carboxylic acids is 1. The molecule has 0 saturated carbocycles. The smallest absolute Gasteiger partial charge is 0.242 e. The summed E-state index contributed by atoms with van der Waals surface area (Å²) in [5.41, 5.74) is 0.888. The van der Waals surface area contributed by atoms with E-state index < -0.39 is 0 Å². The number of ether oxygens (including phenoxy) is 1. The second kappa shape index (κ2) is 7.17. The van der Waals surface area contributed by atoms with E-state index in [2.05, 4.69) is 9.97 Å². The van der Waals surface area contributed by atoms with Crippen LogP contribution in [0, 0.1) is 0 Å². The predicted octanol–water partition coefficient (Wildman–Crippen LogP) is 1.49. The minimum Gasteiger partial charge on any atom is -0.376 e. The topological polar surface area (TPSA) is 60.2 Å². The molecule has 2 aromatic rings. The third-order valence-corrected chi connectivity index (χ3v) is 3.76. The van der Waals surface area contributed by atoms with E-state index in [9.17, 15) is 4.79 Å². The Morgan fingerprint density at radius 3 is 3.05 bits per heavy atom. The summed E-state index contributed by atoms with van der Waals surface area (Å²) in [7, 11) is 0. The van der Waals surface area contributed by atoms with Crippen molar-refractivity contribution in [3.05, 3.63) is 48.8 Å². The van der Waals surface area contributed by atoms with E-state index in [1.807, 2.05) is 23.1 Å². The molecule has 1 aliphatic rings. The molecule has 6 nitrogen and oxygen atoms in total. The Bertz CT molecular complexity index is 579. The van der Waals surface area contributed by atoms with E-state index in [-0.39, 0.29) is 12.0 Å². The van der Waals surface area contributed by atoms with Gasteiger partial charge in [0.15, 0.2) is 0 Å². The van der Waals surface area contributed by atoms with Gasteiger partial charge in [0, 0.05) is 31.7 Å². The van der Waals surface area contributed by atoms with Crippen LogP contribution in [0.2, 0.25) is 0 Å². The lowest BCUT2D eigenvalue weighted by Gasteiger charge is -2.25. The van der Waals surface area contributed by atoms with Crippen molar-refractivity contribution in [2.45, 2.75) is 32.0 Å². The molecular weight excluding hydrogens is 280 g/mol. The van der Waals surface area contributed by atoms with Crippen LogP contribution < -0.4 is 0 Å². The minimum atomic E-state index is 0.0548. The highest BCUT2D eigenvalue weighted by atomic mass is 16.5. The average molecular weight is 300 g/mol. The highest BCUT2D eigenvalue weighted by molar-refractivity contribution is 5.76. The Morgan fingerprint density at radius 2 is 2.36 bits per heavy atom. The second-order valence-corrected chi connectivity index (χ2v) is 5.47. The standard InChI is InChI=1S/C16H20N4O2/c21-16(12-19-8-7-17-13-19)20(11-15-5-3-9-22-15)10-14-4-1-2-6-18-14/h1-2,4,6-8,13,15H,3,5,9-12H2. The van der Waals surface area contributed by atoms with Gasteiger partial charge in [0.25, 0.3) is 0 Å². The fourth-order valence-electron chi connectivity index (χ4n) is 2.61. The summed E-state index contributed by atoms with van der Waals surface area (Å²) in [5, 5.41) is 0. The van der Waals surface area contributed by atoms with Crippen molar-refractivity contribution < 1.29 is 9.53 Å². The number of pyridine rings is 1. The minimum absolute atomic E-state index is 0.0548. The predicted molar refractivity (Wildman–Crippen MR) is 80.9 cm³/mol. The number of hydrogen-bond donors (Lipinski definition) is 0. The SMILES string of the molecule is O=C(Cn1ccnc1)N(Cc1ccccn1)CC1CCCO1. The fourth-order valence-corrected chi connectivity index (χ4v) is 2.61. The second-order valence-electron chi connectivity index (χ2n) is 5.47. The van der Waals surface area contributed by atoms with Crippen molar-refractivity contribution in [3.63, 3.8) is 0 Å². The number of aromatic nitrogens is 3. The van der Waals surface area contributed by atoms with Gasteiger partial charge in [-0.15, -0.1) is 0 Å². The van der Waals surface area contributed by atoms with Gasteiger partial charge in [-0.25, -0.2) is 4.98 Å². The summed E-state index contributed by atoms with van der Waals surface area (Å²) in [6, 6.07) is 5.75. The maximum absolute atomic E-state index is 12.6. The highest BCUT2D eigenvalue weighted by Gasteiger charge is 2.23. The van der Waals surface area contributed by atoms with E-state index in [4.69, 9.17) is 4.74 Å². The van der Waals surface area contributed by atoms with Gasteiger partial charge in [-0.1, -0.05) is 6.07 Å². The van der Waals surface area contributed by atoms with Crippen LogP contribution in [0.3, 0.4) is 0 Å². The summed E-state index contributed by atoms with van der Waals surface area (Å²) in [6.45, 7) is 2.20. The molecule has 2 aromatic heterocycles. The number of imidazole rings is 1. The molecule has 0 aromatic carbocycles. The van der Waals surface area contributed by atoms with Gasteiger partial charge >= 0.3 is 0 Å². The number of rotatable bonds is 6. The molecule has 1 amide bonds. The Labute approximate surface area is 129 Å². The first-order valence-electron chi connectivity index (χ1n) is 7.56. The van der Waals surface area contributed by atoms with Crippen LogP contribution in [0.1, 0.15) is 18.5 Å². The molecule has 1 aliphatic heterocycles. The van der Waals surface area contributed by atoms with Gasteiger partial charge in [-0.2, -0.15) is 0 Å². The molecule has 6 heteroatoms. The van der Waals surface area contributed by atoms with Crippen molar-refractivity contribution >= 4 is 5.91 Å². The first kappa shape index (κ1) is 14.7. The zero-order valence-corrected chi connectivity index (χ0v) is 12.5. The Hall–Kier alpha value is -2.21. The largest absolute Gasteiger partial charge is 0.376 e. The first-order chi connectivity index (χ1) is 10.8. The Balaban J connectivity index is 1.68. The van der Waals surface area contributed by atoms with Gasteiger partial charge in [0.1, 0.15) is 6.54 Å². The van der Waals surface area contributed by atoms with Crippen molar-refractivity contribution in [2.75, 3.05) is 13.2 Å². The third-order valence-electron chi connectivity index (χ3n) is 3.76. The van der Waals surface area contributed by atoms with Crippen LogP contribution >= 0.6 is 0 Å². The van der Waals surface area contributed by atoms with Crippen LogP contribution in [-0.2, 0) is 22.6 Å². The molecule has 3 rings (SSSR count). The van der Waals surface area contributed by atoms with Crippen molar-refractivity contribution in [2.24, 2.45) is 0 Å². The summed E-state index contributed by atoms with van der Waals surface area (Å²) >= 11 is 0. The zero-order chi connectivity index (χ0) is 15.2. The number of nitrogens with zero attached hydrogens (tertiary/aromatic N) is 4. The quantitative estimate of drug-likeness (QED) is 0.811. The summed E-state index contributed by atoms with van der Waals surface area (Å²) in [6.07, 6.45) is 9.09. The Morgan fingerprint density at radius 1 is 1.41 bits per heavy atom. The van der Waals surface area contributed by atoms with Crippen molar-refractivity contribution in [1.82, 2.24) is 19.4 Å². The highest BCUT2D eigenvalue weighted by Crippen LogP contribution is 2.15. The molecule has 0 N–H and O–H groups in total. The molecule has 0 aliphatic carbocycles. The van der Waals surface area contributed by atoms with Crippen LogP contribution in [0.4, 0.5) is 0 Å². The summed E-state index contributed by atoms with van der Waals surface area (Å²) < 4.78 is 7.45. The molecule has 22 heavy (non-hydrogen) atoms. The summed E-state index contributed by atoms with van der Waals surface area (Å²) in [4.78, 5) is 22.7. The van der Waals surface area contributed by atoms with Gasteiger partial charge in [0.05, 0.1) is 24.7 Å². The number of carbonyl (C=O) groups is 1. The number of hydrogen-bond acceptors (Lipinski definition) is 4. The van der Waals surface area contributed by atoms with E-state index >= 15 is 0 Å². The van der Waals surface area contributed by atoms with E-state index in [1.165, 1.54) is 0 Å². The lowest BCUT2D eigenvalue weighted by atomic mass is 10.2. The molecule has 0 spiro atoms. The van der Waals surface area contributed by atoms with E-state index in [0.29, 0.717) is 19.6 Å². The zero-order valence-electron chi connectivity index (χ0n) is 12.5. The maximum Gasteiger partial charge on any atom is 0.242 e. The molecule has 1 unspecified atom stereocenters. The fraction of sp³-hybridized carbons (Fsp3) is 0.438. The van der Waals surface area contributed by atoms with Gasteiger partial charge in [-0.05, 0) is 25.0 Å². The summed E-state index contributed by atoms with van der Waals surface area (Å²) in [5.74, 6) is 0.0548. The normalized spacial score (nSPS) is 17.5. The van der Waals surface area contributed by atoms with Gasteiger partial charge < -0.3 is 14.2 Å². The van der Waals surface area contributed by atoms with Crippen molar-refractivity contribution in [1.29, 1.82) is 0 Å². The average Bonchev–Trinajstić information content (AvgIpc) is 3.21. The molecule has 1 fully saturated rings. The van der Waals surface area contributed by atoms with Crippen molar-refractivity contribution in [3.8, 4) is 0 Å². The third kappa shape index (κ3) is 3.92.